The third-order valence-electron chi connectivity index (χ3n) is 3.88. The second-order valence-corrected chi connectivity index (χ2v) is 5.92. The topological polar surface area (TPSA) is 130 Å². The van der Waals surface area contributed by atoms with Gasteiger partial charge < -0.3 is 20.1 Å². The van der Waals surface area contributed by atoms with Gasteiger partial charge in [0.2, 0.25) is 0 Å². The molecule has 3 aromatic heterocycles. The molecule has 0 fully saturated rings. The van der Waals surface area contributed by atoms with E-state index in [2.05, 4.69) is 34.8 Å². The zero-order valence-electron chi connectivity index (χ0n) is 14.3. The van der Waals surface area contributed by atoms with Crippen molar-refractivity contribution in [3.63, 3.8) is 0 Å². The number of rotatable bonds is 11. The monoisotopic (exact) mass is 358 g/mol. The van der Waals surface area contributed by atoms with Gasteiger partial charge in [-0.2, -0.15) is 0 Å². The van der Waals surface area contributed by atoms with Gasteiger partial charge >= 0.3 is 5.97 Å². The largest absolute Gasteiger partial charge is 0.480 e. The van der Waals surface area contributed by atoms with Crippen molar-refractivity contribution in [2.24, 2.45) is 0 Å². The highest BCUT2D eigenvalue weighted by Gasteiger charge is 2.15. The Kier molecular flexibility index (Phi) is 6.12. The maximum Gasteiger partial charge on any atom is 0.317 e. The summed E-state index contributed by atoms with van der Waals surface area (Å²) in [6.45, 7) is 2.89. The van der Waals surface area contributed by atoms with Crippen LogP contribution in [-0.4, -0.2) is 70.4 Å². The molecule has 0 amide bonds. The summed E-state index contributed by atoms with van der Waals surface area (Å²) in [5.74, 6) is 1.59. The smallest absolute Gasteiger partial charge is 0.317 e. The number of aromatic nitrogens is 6. The van der Waals surface area contributed by atoms with Gasteiger partial charge in [-0.25, -0.2) is 15.0 Å². The van der Waals surface area contributed by atoms with Crippen LogP contribution < -0.4 is 0 Å². The zero-order valence-corrected chi connectivity index (χ0v) is 14.3. The van der Waals surface area contributed by atoms with Gasteiger partial charge in [0, 0.05) is 50.3 Å². The highest BCUT2D eigenvalue weighted by atomic mass is 16.4. The number of hydrogen-bond donors (Lipinski definition) is 4. The molecule has 3 rings (SSSR count). The van der Waals surface area contributed by atoms with Crippen LogP contribution in [-0.2, 0) is 24.4 Å². The first kappa shape index (κ1) is 17.8. The highest BCUT2D eigenvalue weighted by molar-refractivity contribution is 5.69. The summed E-state index contributed by atoms with van der Waals surface area (Å²) in [6, 6.07) is 0. The van der Waals surface area contributed by atoms with Gasteiger partial charge in [0.1, 0.15) is 17.5 Å². The molecule has 0 aromatic carbocycles. The number of aromatic amines is 3. The molecule has 4 N–H and O–H groups in total. The van der Waals surface area contributed by atoms with E-state index >= 15 is 0 Å². The fraction of sp³-hybridized carbons (Fsp3) is 0.375. The van der Waals surface area contributed by atoms with Gasteiger partial charge in [-0.05, 0) is 0 Å². The van der Waals surface area contributed by atoms with Crippen LogP contribution in [0.15, 0.2) is 37.2 Å². The fourth-order valence-electron chi connectivity index (χ4n) is 2.69. The van der Waals surface area contributed by atoms with E-state index in [1.54, 1.807) is 37.2 Å². The van der Waals surface area contributed by atoms with E-state index in [0.29, 0.717) is 32.7 Å². The third kappa shape index (κ3) is 5.53. The lowest BCUT2D eigenvalue weighted by molar-refractivity contribution is -0.138. The number of carbonyl (C=O) groups is 1. The average molecular weight is 358 g/mol. The minimum absolute atomic E-state index is 0.0456. The predicted molar refractivity (Wildman–Crippen MR) is 92.8 cm³/mol. The molecule has 3 heterocycles. The Balaban J connectivity index is 1.62. The number of H-pyrrole nitrogens is 3. The fourth-order valence-corrected chi connectivity index (χ4v) is 2.69. The van der Waals surface area contributed by atoms with Gasteiger partial charge in [0.25, 0.3) is 0 Å². The van der Waals surface area contributed by atoms with Crippen molar-refractivity contribution in [3.05, 3.63) is 54.7 Å². The Labute approximate surface area is 150 Å². The summed E-state index contributed by atoms with van der Waals surface area (Å²) in [5, 5.41) is 9.18. The first-order chi connectivity index (χ1) is 12.7. The molecule has 10 heteroatoms. The molecule has 0 atom stereocenters. The van der Waals surface area contributed by atoms with E-state index in [9.17, 15) is 9.90 Å². The van der Waals surface area contributed by atoms with Crippen molar-refractivity contribution >= 4 is 5.97 Å². The molecular weight excluding hydrogens is 336 g/mol. The van der Waals surface area contributed by atoms with Crippen molar-refractivity contribution in [1.82, 2.24) is 39.7 Å². The normalized spacial score (nSPS) is 11.5. The highest BCUT2D eigenvalue weighted by Crippen LogP contribution is 2.06. The van der Waals surface area contributed by atoms with Crippen LogP contribution in [0.2, 0.25) is 0 Å². The average Bonchev–Trinajstić information content (AvgIpc) is 3.35. The van der Waals surface area contributed by atoms with Crippen molar-refractivity contribution < 1.29 is 9.90 Å². The van der Waals surface area contributed by atoms with Crippen molar-refractivity contribution in [3.8, 4) is 0 Å². The van der Waals surface area contributed by atoms with Crippen molar-refractivity contribution in [2.45, 2.75) is 19.6 Å². The molecule has 0 aliphatic rings. The van der Waals surface area contributed by atoms with Crippen LogP contribution in [0.3, 0.4) is 0 Å². The second-order valence-electron chi connectivity index (χ2n) is 5.92. The van der Waals surface area contributed by atoms with E-state index in [4.69, 9.17) is 0 Å². The molecule has 26 heavy (non-hydrogen) atoms. The summed E-state index contributed by atoms with van der Waals surface area (Å²) in [4.78, 5) is 37.1. The molecule has 138 valence electrons. The van der Waals surface area contributed by atoms with Gasteiger partial charge in [0.05, 0.1) is 26.2 Å². The number of imidazole rings is 3. The number of nitrogens with one attached hydrogen (secondary N) is 3. The minimum Gasteiger partial charge on any atom is -0.480 e. The molecule has 0 aliphatic heterocycles. The maximum atomic E-state index is 11.2. The van der Waals surface area contributed by atoms with Crippen LogP contribution in [0, 0.1) is 0 Å². The van der Waals surface area contributed by atoms with Crippen LogP contribution in [0.1, 0.15) is 17.5 Å². The summed E-state index contributed by atoms with van der Waals surface area (Å²) >= 11 is 0. The molecular formula is C16H22N8O2. The quantitative estimate of drug-likeness (QED) is 0.391. The standard InChI is InChI=1S/C16H22N8O2/c25-16(26)12-24(11-15-21-5-6-22-15)8-7-23(9-13-17-1-2-18-13)10-14-19-3-4-20-14/h1-6H,7-12H2,(H,17,18)(H,19,20)(H,21,22)(H,25,26). The number of carboxylic acid groups (broad SMARTS) is 1. The Morgan fingerprint density at radius 2 is 1.23 bits per heavy atom. The summed E-state index contributed by atoms with van der Waals surface area (Å²) in [6.07, 6.45) is 10.4. The van der Waals surface area contributed by atoms with Crippen LogP contribution in [0.5, 0.6) is 0 Å². The number of hydrogen-bond acceptors (Lipinski definition) is 6. The number of carboxylic acids is 1. The van der Waals surface area contributed by atoms with E-state index in [1.807, 2.05) is 4.90 Å². The summed E-state index contributed by atoms with van der Waals surface area (Å²) < 4.78 is 0. The Morgan fingerprint density at radius 1 is 0.808 bits per heavy atom. The van der Waals surface area contributed by atoms with E-state index in [-0.39, 0.29) is 6.54 Å². The Bertz CT molecular complexity index is 718. The second kappa shape index (κ2) is 8.92. The Hall–Kier alpha value is -2.98. The minimum atomic E-state index is -0.861. The molecule has 0 radical (unpaired) electrons. The summed E-state index contributed by atoms with van der Waals surface area (Å²) in [5.41, 5.74) is 0. The first-order valence-corrected chi connectivity index (χ1v) is 8.30. The lowest BCUT2D eigenvalue weighted by Crippen LogP contribution is -2.37. The Morgan fingerprint density at radius 3 is 1.62 bits per heavy atom. The van der Waals surface area contributed by atoms with Gasteiger partial charge in [-0.3, -0.25) is 14.6 Å². The molecule has 3 aromatic rings. The number of aliphatic carboxylic acids is 1. The van der Waals surface area contributed by atoms with Crippen LogP contribution in [0.4, 0.5) is 0 Å². The van der Waals surface area contributed by atoms with Gasteiger partial charge in [-0.15, -0.1) is 0 Å². The van der Waals surface area contributed by atoms with Crippen LogP contribution >= 0.6 is 0 Å². The molecule has 0 unspecified atom stereocenters. The van der Waals surface area contributed by atoms with Gasteiger partial charge in [-0.1, -0.05) is 0 Å². The predicted octanol–water partition coefficient (Wildman–Crippen LogP) is 0.445. The zero-order chi connectivity index (χ0) is 18.2. The van der Waals surface area contributed by atoms with E-state index in [0.717, 1.165) is 17.5 Å². The SMILES string of the molecule is O=C(O)CN(CCN(Cc1ncc[nH]1)Cc1ncc[nH]1)Cc1ncc[nH]1. The lowest BCUT2D eigenvalue weighted by atomic mass is 10.3. The molecule has 0 spiro atoms. The van der Waals surface area contributed by atoms with E-state index in [1.165, 1.54) is 0 Å². The maximum absolute atomic E-state index is 11.2. The third-order valence-corrected chi connectivity index (χ3v) is 3.88. The first-order valence-electron chi connectivity index (χ1n) is 8.30. The molecule has 0 bridgehead atoms. The van der Waals surface area contributed by atoms with Crippen LogP contribution in [0.25, 0.3) is 0 Å². The number of nitrogens with zero attached hydrogens (tertiary/aromatic N) is 5. The lowest BCUT2D eigenvalue weighted by Gasteiger charge is -2.25. The van der Waals surface area contributed by atoms with Gasteiger partial charge in [0.15, 0.2) is 0 Å². The summed E-state index contributed by atoms with van der Waals surface area (Å²) in [7, 11) is 0. The van der Waals surface area contributed by atoms with Crippen molar-refractivity contribution in [2.75, 3.05) is 19.6 Å². The molecule has 0 saturated heterocycles. The molecule has 10 nitrogen and oxygen atoms in total. The van der Waals surface area contributed by atoms with Crippen molar-refractivity contribution in [1.29, 1.82) is 0 Å². The molecule has 0 aliphatic carbocycles. The van der Waals surface area contributed by atoms with E-state index < -0.39 is 5.97 Å². The molecule has 0 saturated carbocycles.